The molecule has 5 rings (SSSR count). The highest BCUT2D eigenvalue weighted by atomic mass is 16.6. The molecule has 1 aliphatic heterocycles. The van der Waals surface area contributed by atoms with Gasteiger partial charge in [0.05, 0.1) is 19.1 Å². The predicted octanol–water partition coefficient (Wildman–Crippen LogP) is -0.343. The number of anilines is 1. The second-order valence-electron chi connectivity index (χ2n) is 9.02. The molecule has 1 aliphatic carbocycles. The molecule has 4 heterocycles. The summed E-state index contributed by atoms with van der Waals surface area (Å²) in [5.41, 5.74) is 1.76. The molecule has 35 heavy (non-hydrogen) atoms. The van der Waals surface area contributed by atoms with Crippen molar-refractivity contribution in [1.29, 1.82) is 0 Å². The topological polar surface area (TPSA) is 172 Å². The second-order valence-corrected chi connectivity index (χ2v) is 9.02. The third-order valence-electron chi connectivity index (χ3n) is 6.66. The summed E-state index contributed by atoms with van der Waals surface area (Å²) in [4.78, 5) is 25.4. The number of nitrogens with one attached hydrogen (secondary N) is 2. The molecule has 3 aromatic heterocycles. The Morgan fingerprint density at radius 1 is 1.23 bits per heavy atom. The molecule has 188 valence electrons. The molecule has 0 radical (unpaired) electrons. The Labute approximate surface area is 201 Å². The van der Waals surface area contributed by atoms with Gasteiger partial charge in [-0.2, -0.15) is 15.1 Å². The average molecular weight is 487 g/mol. The fraction of sp³-hybridized carbons (Fsp3) is 0.591. The Bertz CT molecular complexity index is 1190. The minimum atomic E-state index is -1.27. The van der Waals surface area contributed by atoms with Crippen LogP contribution in [0.25, 0.3) is 17.1 Å². The SMILES string of the molecule is CNC(=O)CCc1cnn(-c2nc(NC3CCCC3)c3ncn([C@@H]4O[C@@H](CO)[C@H](O)[C@H]4O)c3n2)c1. The van der Waals surface area contributed by atoms with Crippen molar-refractivity contribution < 1.29 is 24.9 Å². The standard InChI is InChI=1S/C22H30N8O5/c1-23-15(32)7-6-12-8-25-30(9-12)22-27-19(26-13-4-2-3-5-13)16-20(28-22)29(11-24-16)21-18(34)17(33)14(10-31)35-21/h8-9,11,13-14,17-18,21,31,33-34H,2-7,10H2,1H3,(H,23,32)(H,26,27,28)/t14-,17-,18+,21+/m0/s1. The van der Waals surface area contributed by atoms with Crippen LogP contribution >= 0.6 is 0 Å². The van der Waals surface area contributed by atoms with Gasteiger partial charge in [-0.1, -0.05) is 12.8 Å². The Kier molecular flexibility index (Phi) is 6.65. The zero-order valence-corrected chi connectivity index (χ0v) is 19.4. The summed E-state index contributed by atoms with van der Waals surface area (Å²) in [6.45, 7) is -0.428. The van der Waals surface area contributed by atoms with E-state index in [0.29, 0.717) is 29.8 Å². The smallest absolute Gasteiger partial charge is 0.254 e. The van der Waals surface area contributed by atoms with E-state index in [4.69, 9.17) is 9.72 Å². The van der Waals surface area contributed by atoms with Crippen LogP contribution in [0, 0.1) is 0 Å². The lowest BCUT2D eigenvalue weighted by atomic mass is 10.1. The van der Waals surface area contributed by atoms with Gasteiger partial charge in [-0.25, -0.2) is 9.67 Å². The van der Waals surface area contributed by atoms with Crippen LogP contribution in [0.4, 0.5) is 5.82 Å². The van der Waals surface area contributed by atoms with Gasteiger partial charge < -0.3 is 30.7 Å². The number of aliphatic hydroxyl groups is 3. The van der Waals surface area contributed by atoms with Crippen LogP contribution in [0.5, 0.6) is 0 Å². The summed E-state index contributed by atoms with van der Waals surface area (Å²) in [7, 11) is 1.60. The van der Waals surface area contributed by atoms with Gasteiger partial charge in [0.25, 0.3) is 5.95 Å². The van der Waals surface area contributed by atoms with Crippen molar-refractivity contribution in [3.05, 3.63) is 24.3 Å². The van der Waals surface area contributed by atoms with Crippen LogP contribution in [-0.4, -0.2) is 88.5 Å². The van der Waals surface area contributed by atoms with Crippen LogP contribution in [0.15, 0.2) is 18.7 Å². The zero-order valence-electron chi connectivity index (χ0n) is 19.4. The van der Waals surface area contributed by atoms with E-state index in [0.717, 1.165) is 31.2 Å². The number of hydrogen-bond donors (Lipinski definition) is 5. The fourth-order valence-corrected chi connectivity index (χ4v) is 4.65. The maximum absolute atomic E-state index is 11.6. The van der Waals surface area contributed by atoms with E-state index in [1.165, 1.54) is 11.0 Å². The monoisotopic (exact) mass is 486 g/mol. The van der Waals surface area contributed by atoms with Gasteiger partial charge in [0.2, 0.25) is 5.91 Å². The lowest BCUT2D eigenvalue weighted by Crippen LogP contribution is -2.33. The molecule has 4 atom stereocenters. The van der Waals surface area contributed by atoms with Crippen molar-refractivity contribution in [1.82, 2.24) is 34.6 Å². The number of carbonyl (C=O) groups excluding carboxylic acids is 1. The van der Waals surface area contributed by atoms with E-state index in [2.05, 4.69) is 25.7 Å². The van der Waals surface area contributed by atoms with E-state index < -0.39 is 31.1 Å². The molecule has 5 N–H and O–H groups in total. The molecule has 1 saturated carbocycles. The van der Waals surface area contributed by atoms with Crippen LogP contribution in [-0.2, 0) is 16.0 Å². The lowest BCUT2D eigenvalue weighted by Gasteiger charge is -2.18. The van der Waals surface area contributed by atoms with Crippen molar-refractivity contribution in [3.8, 4) is 5.95 Å². The van der Waals surface area contributed by atoms with Gasteiger partial charge in [-0.3, -0.25) is 9.36 Å². The highest BCUT2D eigenvalue weighted by Crippen LogP contribution is 2.33. The van der Waals surface area contributed by atoms with Crippen LogP contribution in [0.2, 0.25) is 0 Å². The van der Waals surface area contributed by atoms with Crippen molar-refractivity contribution in [2.75, 3.05) is 19.0 Å². The summed E-state index contributed by atoms with van der Waals surface area (Å²) in [5, 5.41) is 40.7. The zero-order chi connectivity index (χ0) is 24.5. The van der Waals surface area contributed by atoms with E-state index in [1.807, 2.05) is 0 Å². The summed E-state index contributed by atoms with van der Waals surface area (Å²) < 4.78 is 8.78. The minimum Gasteiger partial charge on any atom is -0.394 e. The van der Waals surface area contributed by atoms with Crippen LogP contribution in [0.3, 0.4) is 0 Å². The summed E-state index contributed by atoms with van der Waals surface area (Å²) in [6, 6.07) is 0.265. The Balaban J connectivity index is 1.52. The number of nitrogens with zero attached hydrogens (tertiary/aromatic N) is 6. The van der Waals surface area contributed by atoms with Gasteiger partial charge in [-0.05, 0) is 24.8 Å². The number of aromatic nitrogens is 6. The molecule has 1 amide bonds. The number of hydrogen-bond acceptors (Lipinski definition) is 10. The Morgan fingerprint density at radius 3 is 2.74 bits per heavy atom. The first-order valence-electron chi connectivity index (χ1n) is 11.9. The molecule has 0 unspecified atom stereocenters. The largest absolute Gasteiger partial charge is 0.394 e. The van der Waals surface area contributed by atoms with Crippen molar-refractivity contribution >= 4 is 22.9 Å². The van der Waals surface area contributed by atoms with E-state index in [1.54, 1.807) is 24.0 Å². The maximum atomic E-state index is 11.6. The highest BCUT2D eigenvalue weighted by Gasteiger charge is 2.44. The summed E-state index contributed by atoms with van der Waals surface area (Å²) in [5.74, 6) is 0.781. The number of amides is 1. The molecule has 0 spiro atoms. The van der Waals surface area contributed by atoms with E-state index >= 15 is 0 Å². The average Bonchev–Trinajstić information content (AvgIpc) is 3.66. The summed E-state index contributed by atoms with van der Waals surface area (Å²) >= 11 is 0. The summed E-state index contributed by atoms with van der Waals surface area (Å²) in [6.07, 6.45) is 5.74. The minimum absolute atomic E-state index is 0.0548. The van der Waals surface area contributed by atoms with Gasteiger partial charge in [-0.15, -0.1) is 0 Å². The number of ether oxygens (including phenoxy) is 1. The highest BCUT2D eigenvalue weighted by molar-refractivity contribution is 5.84. The normalized spacial score (nSPS) is 24.9. The number of imidazole rings is 1. The lowest BCUT2D eigenvalue weighted by molar-refractivity contribution is -0.120. The molecule has 13 nitrogen and oxygen atoms in total. The van der Waals surface area contributed by atoms with Gasteiger partial charge >= 0.3 is 0 Å². The van der Waals surface area contributed by atoms with Crippen LogP contribution < -0.4 is 10.6 Å². The number of aliphatic hydroxyl groups excluding tert-OH is 3. The fourth-order valence-electron chi connectivity index (χ4n) is 4.65. The predicted molar refractivity (Wildman–Crippen MR) is 124 cm³/mol. The number of aryl methyl sites for hydroxylation is 1. The first kappa shape index (κ1) is 23.6. The Morgan fingerprint density at radius 2 is 2.03 bits per heavy atom. The molecule has 13 heteroatoms. The third-order valence-corrected chi connectivity index (χ3v) is 6.66. The van der Waals surface area contributed by atoms with Gasteiger partial charge in [0.15, 0.2) is 23.2 Å². The van der Waals surface area contributed by atoms with E-state index in [9.17, 15) is 20.1 Å². The Hall–Kier alpha value is -3.13. The van der Waals surface area contributed by atoms with Gasteiger partial charge in [0, 0.05) is 25.7 Å². The van der Waals surface area contributed by atoms with Crippen LogP contribution in [0.1, 0.15) is 43.9 Å². The molecular weight excluding hydrogens is 456 g/mol. The quantitative estimate of drug-likeness (QED) is 0.283. The number of carbonyl (C=O) groups is 1. The molecule has 2 aliphatic rings. The van der Waals surface area contributed by atoms with Crippen molar-refractivity contribution in [2.24, 2.45) is 0 Å². The molecule has 0 bridgehead atoms. The third kappa shape index (κ3) is 4.59. The molecule has 2 fully saturated rings. The maximum Gasteiger partial charge on any atom is 0.254 e. The number of fused-ring (bicyclic) bond motifs is 1. The van der Waals surface area contributed by atoms with Crippen molar-refractivity contribution in [2.45, 2.75) is 69.1 Å². The first-order chi connectivity index (χ1) is 17.0. The van der Waals surface area contributed by atoms with E-state index in [-0.39, 0.29) is 17.9 Å². The van der Waals surface area contributed by atoms with Crippen molar-refractivity contribution in [3.63, 3.8) is 0 Å². The second kappa shape index (κ2) is 9.85. The molecular formula is C22H30N8O5. The molecule has 3 aromatic rings. The first-order valence-corrected chi connectivity index (χ1v) is 11.9. The molecule has 1 saturated heterocycles. The molecule has 0 aromatic carbocycles. The number of rotatable bonds is 8. The van der Waals surface area contributed by atoms with Gasteiger partial charge in [0.1, 0.15) is 18.3 Å².